The summed E-state index contributed by atoms with van der Waals surface area (Å²) in [4.78, 5) is 29.6. The van der Waals surface area contributed by atoms with Crippen molar-refractivity contribution in [2.45, 2.75) is 13.5 Å². The summed E-state index contributed by atoms with van der Waals surface area (Å²) in [6, 6.07) is 7.51. The highest BCUT2D eigenvalue weighted by atomic mass is 16.2. The zero-order valence-corrected chi connectivity index (χ0v) is 9.28. The van der Waals surface area contributed by atoms with Crippen molar-refractivity contribution >= 4 is 21.9 Å². The van der Waals surface area contributed by atoms with E-state index >= 15 is 0 Å². The van der Waals surface area contributed by atoms with Gasteiger partial charge in [0.05, 0.1) is 5.52 Å². The molecule has 0 bridgehead atoms. The van der Waals surface area contributed by atoms with E-state index in [1.165, 1.54) is 4.57 Å². The molecule has 3 rings (SSSR count). The maximum atomic E-state index is 12.1. The second-order valence-corrected chi connectivity index (χ2v) is 3.90. The van der Waals surface area contributed by atoms with E-state index in [0.29, 0.717) is 17.6 Å². The maximum Gasteiger partial charge on any atom is 0.328 e. The van der Waals surface area contributed by atoms with Gasteiger partial charge in [0.2, 0.25) is 0 Å². The molecule has 0 aliphatic rings. The molecule has 2 N–H and O–H groups in total. The fourth-order valence-electron chi connectivity index (χ4n) is 2.12. The van der Waals surface area contributed by atoms with Crippen molar-refractivity contribution in [3.8, 4) is 0 Å². The molecule has 0 saturated carbocycles. The summed E-state index contributed by atoms with van der Waals surface area (Å²) in [7, 11) is 0. The lowest BCUT2D eigenvalue weighted by atomic mass is 10.2. The number of aromatic nitrogens is 3. The molecule has 86 valence electrons. The normalized spacial score (nSPS) is 11.4. The van der Waals surface area contributed by atoms with Crippen LogP contribution < -0.4 is 11.2 Å². The number of nitrogens with one attached hydrogen (secondary N) is 2. The minimum atomic E-state index is -0.366. The van der Waals surface area contributed by atoms with Crippen LogP contribution >= 0.6 is 0 Å². The molecule has 3 aromatic rings. The van der Waals surface area contributed by atoms with Crippen LogP contribution in [0.3, 0.4) is 0 Å². The quantitative estimate of drug-likeness (QED) is 0.658. The van der Waals surface area contributed by atoms with Crippen LogP contribution in [0.1, 0.15) is 6.92 Å². The third kappa shape index (κ3) is 1.25. The topological polar surface area (TPSA) is 70.7 Å². The highest BCUT2D eigenvalue weighted by Crippen LogP contribution is 2.19. The van der Waals surface area contributed by atoms with Crippen LogP contribution in [0.2, 0.25) is 0 Å². The summed E-state index contributed by atoms with van der Waals surface area (Å²) < 4.78 is 1.18. The number of nitrogens with zero attached hydrogens (tertiary/aromatic N) is 1. The molecule has 0 aliphatic carbocycles. The number of rotatable bonds is 1. The molecule has 5 heteroatoms. The van der Waals surface area contributed by atoms with Gasteiger partial charge in [0.25, 0.3) is 5.56 Å². The van der Waals surface area contributed by atoms with E-state index in [0.717, 1.165) is 10.9 Å². The van der Waals surface area contributed by atoms with Crippen LogP contribution in [-0.2, 0) is 6.54 Å². The predicted octanol–water partition coefficient (Wildman–Crippen LogP) is 1.19. The largest absolute Gasteiger partial charge is 0.349 e. The Labute approximate surface area is 95.7 Å². The zero-order chi connectivity index (χ0) is 12.0. The summed E-state index contributed by atoms with van der Waals surface area (Å²) in [5, 5.41) is 0.861. The number of hydrogen-bond acceptors (Lipinski definition) is 2. The Morgan fingerprint density at radius 3 is 2.65 bits per heavy atom. The third-order valence-corrected chi connectivity index (χ3v) is 2.96. The molecule has 0 aliphatic heterocycles. The Hall–Kier alpha value is -2.30. The van der Waals surface area contributed by atoms with Crippen molar-refractivity contribution in [3.05, 3.63) is 45.1 Å². The summed E-state index contributed by atoms with van der Waals surface area (Å²) in [5.41, 5.74) is 1.24. The van der Waals surface area contributed by atoms with E-state index in [9.17, 15) is 9.59 Å². The first kappa shape index (κ1) is 9.89. The maximum absolute atomic E-state index is 12.1. The van der Waals surface area contributed by atoms with Crippen LogP contribution in [0.4, 0.5) is 0 Å². The lowest BCUT2D eigenvalue weighted by Crippen LogP contribution is -2.34. The van der Waals surface area contributed by atoms with Gasteiger partial charge in [-0.25, -0.2) is 4.79 Å². The Balaban J connectivity index is 2.63. The van der Waals surface area contributed by atoms with Gasteiger partial charge in [-0.2, -0.15) is 0 Å². The minimum absolute atomic E-state index is 0.276. The number of benzene rings is 1. The minimum Gasteiger partial charge on any atom is -0.349 e. The van der Waals surface area contributed by atoms with Crippen molar-refractivity contribution in [3.63, 3.8) is 0 Å². The van der Waals surface area contributed by atoms with Gasteiger partial charge < -0.3 is 9.97 Å². The number of para-hydroxylation sites is 1. The Bertz CT molecular complexity index is 823. The molecule has 2 aromatic heterocycles. The van der Waals surface area contributed by atoms with Gasteiger partial charge in [-0.05, 0) is 13.0 Å². The van der Waals surface area contributed by atoms with Gasteiger partial charge in [0.1, 0.15) is 5.52 Å². The lowest BCUT2D eigenvalue weighted by Gasteiger charge is -1.99. The van der Waals surface area contributed by atoms with E-state index < -0.39 is 0 Å². The zero-order valence-electron chi connectivity index (χ0n) is 9.28. The molecule has 0 fully saturated rings. The third-order valence-electron chi connectivity index (χ3n) is 2.96. The summed E-state index contributed by atoms with van der Waals surface area (Å²) in [5.74, 6) is 0. The van der Waals surface area contributed by atoms with E-state index in [-0.39, 0.29) is 11.2 Å². The van der Waals surface area contributed by atoms with Gasteiger partial charge >= 0.3 is 5.69 Å². The van der Waals surface area contributed by atoms with Gasteiger partial charge in [-0.3, -0.25) is 9.36 Å². The van der Waals surface area contributed by atoms with Crippen molar-refractivity contribution in [2.24, 2.45) is 0 Å². The molecule has 0 saturated heterocycles. The average molecular weight is 229 g/mol. The second kappa shape index (κ2) is 3.35. The molecular weight excluding hydrogens is 218 g/mol. The van der Waals surface area contributed by atoms with Crippen LogP contribution in [0.5, 0.6) is 0 Å². The molecule has 0 radical (unpaired) electrons. The molecule has 5 nitrogen and oxygen atoms in total. The molecule has 2 heterocycles. The van der Waals surface area contributed by atoms with E-state index in [1.807, 2.05) is 24.3 Å². The van der Waals surface area contributed by atoms with E-state index in [2.05, 4.69) is 9.97 Å². The van der Waals surface area contributed by atoms with E-state index in [1.54, 1.807) is 6.92 Å². The SMILES string of the molecule is CCn1c(=O)[nH]c2c([nH]c3ccccc32)c1=O. The fraction of sp³-hybridized carbons (Fsp3) is 0.167. The number of H-pyrrole nitrogens is 2. The first-order valence-corrected chi connectivity index (χ1v) is 5.46. The lowest BCUT2D eigenvalue weighted by molar-refractivity contribution is 0.683. The number of aromatic amines is 2. The van der Waals surface area contributed by atoms with E-state index in [4.69, 9.17) is 0 Å². The molecule has 0 spiro atoms. The molecular formula is C12H11N3O2. The molecule has 17 heavy (non-hydrogen) atoms. The van der Waals surface area contributed by atoms with Gasteiger partial charge in [-0.1, -0.05) is 18.2 Å². The standard InChI is InChI=1S/C12H11N3O2/c1-2-15-11(16)10-9(14-12(15)17)7-5-3-4-6-8(7)13-10/h3-6,13H,2H2,1H3,(H,14,17). The smallest absolute Gasteiger partial charge is 0.328 e. The predicted molar refractivity (Wildman–Crippen MR) is 66.4 cm³/mol. The van der Waals surface area contributed by atoms with Gasteiger partial charge in [0.15, 0.2) is 0 Å². The summed E-state index contributed by atoms with van der Waals surface area (Å²) in [6.07, 6.45) is 0. The second-order valence-electron chi connectivity index (χ2n) is 3.90. The Morgan fingerprint density at radius 1 is 1.12 bits per heavy atom. The van der Waals surface area contributed by atoms with Gasteiger partial charge in [0, 0.05) is 17.4 Å². The highest BCUT2D eigenvalue weighted by Gasteiger charge is 2.10. The number of fused-ring (bicyclic) bond motifs is 3. The fourth-order valence-corrected chi connectivity index (χ4v) is 2.12. The van der Waals surface area contributed by atoms with Crippen molar-refractivity contribution in [2.75, 3.05) is 0 Å². The van der Waals surface area contributed by atoms with Crippen molar-refractivity contribution in [1.82, 2.24) is 14.5 Å². The monoisotopic (exact) mass is 229 g/mol. The first-order valence-electron chi connectivity index (χ1n) is 5.46. The van der Waals surface area contributed by atoms with Crippen LogP contribution in [0.15, 0.2) is 33.9 Å². The average Bonchev–Trinajstić information content (AvgIpc) is 2.69. The summed E-state index contributed by atoms with van der Waals surface area (Å²) >= 11 is 0. The molecule has 0 atom stereocenters. The van der Waals surface area contributed by atoms with Crippen LogP contribution in [0.25, 0.3) is 21.9 Å². The highest BCUT2D eigenvalue weighted by molar-refractivity contribution is 6.04. The Kier molecular flexibility index (Phi) is 1.95. The van der Waals surface area contributed by atoms with Crippen molar-refractivity contribution < 1.29 is 0 Å². The van der Waals surface area contributed by atoms with Crippen LogP contribution in [0, 0.1) is 0 Å². The molecule has 0 unspecified atom stereocenters. The summed E-state index contributed by atoms with van der Waals surface area (Å²) in [6.45, 7) is 2.13. The van der Waals surface area contributed by atoms with Crippen molar-refractivity contribution in [1.29, 1.82) is 0 Å². The Morgan fingerprint density at radius 2 is 1.88 bits per heavy atom. The van der Waals surface area contributed by atoms with Gasteiger partial charge in [-0.15, -0.1) is 0 Å². The number of hydrogen-bond donors (Lipinski definition) is 2. The first-order chi connectivity index (χ1) is 8.22. The molecule has 1 aromatic carbocycles. The van der Waals surface area contributed by atoms with Crippen LogP contribution in [-0.4, -0.2) is 14.5 Å². The molecule has 0 amide bonds.